The van der Waals surface area contributed by atoms with E-state index in [2.05, 4.69) is 40.8 Å². The Kier molecular flexibility index (Phi) is 5.19. The third-order valence-corrected chi connectivity index (χ3v) is 9.26. The van der Waals surface area contributed by atoms with E-state index in [0.29, 0.717) is 17.8 Å². The van der Waals surface area contributed by atoms with Gasteiger partial charge in [0.25, 0.3) is 0 Å². The van der Waals surface area contributed by atoms with Crippen LogP contribution in [-0.2, 0) is 9.22 Å². The molecule has 106 valence electrons. The molecule has 18 heavy (non-hydrogen) atoms. The molecule has 0 saturated heterocycles. The Morgan fingerprint density at radius 1 is 1.39 bits per heavy atom. The molecular formula is C15H30O2Si. The fourth-order valence-corrected chi connectivity index (χ4v) is 3.85. The van der Waals surface area contributed by atoms with E-state index in [0.717, 1.165) is 32.1 Å². The van der Waals surface area contributed by atoms with E-state index in [1.165, 1.54) is 0 Å². The summed E-state index contributed by atoms with van der Waals surface area (Å²) < 4.78 is 6.32. The second-order valence-corrected chi connectivity index (χ2v) is 12.1. The summed E-state index contributed by atoms with van der Waals surface area (Å²) in [5.74, 6) is 0.810. The number of hydrogen-bond donors (Lipinski definition) is 0. The Balaban J connectivity index is 2.37. The van der Waals surface area contributed by atoms with Gasteiger partial charge in [-0.05, 0) is 50.7 Å². The quantitative estimate of drug-likeness (QED) is 0.685. The molecule has 0 N–H and O–H groups in total. The van der Waals surface area contributed by atoms with Crippen LogP contribution in [0.15, 0.2) is 0 Å². The van der Waals surface area contributed by atoms with Crippen molar-refractivity contribution >= 4 is 14.1 Å². The van der Waals surface area contributed by atoms with Crippen LogP contribution in [0.5, 0.6) is 0 Å². The summed E-state index contributed by atoms with van der Waals surface area (Å²) in [7, 11) is -1.65. The highest BCUT2D eigenvalue weighted by Crippen LogP contribution is 2.38. The second-order valence-electron chi connectivity index (χ2n) is 7.32. The molecule has 1 unspecified atom stereocenters. The molecule has 2 atom stereocenters. The summed E-state index contributed by atoms with van der Waals surface area (Å²) in [6.45, 7) is 13.6. The van der Waals surface area contributed by atoms with E-state index in [4.69, 9.17) is 4.43 Å². The predicted molar refractivity (Wildman–Crippen MR) is 79.3 cm³/mol. The van der Waals surface area contributed by atoms with Gasteiger partial charge in [-0.15, -0.1) is 0 Å². The van der Waals surface area contributed by atoms with E-state index in [1.807, 2.05) is 0 Å². The second kappa shape index (κ2) is 5.87. The van der Waals surface area contributed by atoms with Gasteiger partial charge in [0.15, 0.2) is 8.32 Å². The molecule has 0 amide bonds. The highest BCUT2D eigenvalue weighted by atomic mass is 28.4. The minimum atomic E-state index is -1.65. The minimum absolute atomic E-state index is 0.268. The molecule has 1 rings (SSSR count). The molecule has 3 heteroatoms. The largest absolute Gasteiger partial charge is 0.414 e. The monoisotopic (exact) mass is 270 g/mol. The van der Waals surface area contributed by atoms with Crippen LogP contribution in [0.25, 0.3) is 0 Å². The molecule has 0 bridgehead atoms. The highest BCUT2D eigenvalue weighted by Gasteiger charge is 2.38. The molecule has 0 aromatic rings. The Hall–Kier alpha value is -0.153. The summed E-state index contributed by atoms with van der Waals surface area (Å²) >= 11 is 0. The maximum absolute atomic E-state index is 11.6. The van der Waals surface area contributed by atoms with Gasteiger partial charge in [0, 0.05) is 18.4 Å². The lowest BCUT2D eigenvalue weighted by atomic mass is 9.99. The van der Waals surface area contributed by atoms with Crippen LogP contribution in [0.4, 0.5) is 0 Å². The van der Waals surface area contributed by atoms with Gasteiger partial charge < -0.3 is 4.43 Å². The first-order chi connectivity index (χ1) is 8.13. The van der Waals surface area contributed by atoms with E-state index < -0.39 is 8.32 Å². The van der Waals surface area contributed by atoms with Crippen LogP contribution in [-0.4, -0.2) is 20.2 Å². The number of ketones is 1. The molecule has 0 spiro atoms. The van der Waals surface area contributed by atoms with Crippen molar-refractivity contribution in [2.24, 2.45) is 5.92 Å². The van der Waals surface area contributed by atoms with Crippen molar-refractivity contribution in [3.05, 3.63) is 0 Å². The molecule has 1 aliphatic carbocycles. The summed E-state index contributed by atoms with van der Waals surface area (Å²) in [4.78, 5) is 11.6. The van der Waals surface area contributed by atoms with Gasteiger partial charge in [-0.3, -0.25) is 4.79 Å². The Morgan fingerprint density at radius 2 is 2.00 bits per heavy atom. The molecule has 0 aromatic carbocycles. The summed E-state index contributed by atoms with van der Waals surface area (Å²) in [5, 5.41) is 0.268. The number of Topliss-reactive ketones (excluding diaryl/α,β-unsaturated/α-hetero) is 1. The van der Waals surface area contributed by atoms with Gasteiger partial charge in [-0.1, -0.05) is 20.8 Å². The molecule has 1 fully saturated rings. The van der Waals surface area contributed by atoms with E-state index >= 15 is 0 Å². The normalized spacial score (nSPS) is 23.4. The zero-order valence-corrected chi connectivity index (χ0v) is 14.0. The lowest BCUT2D eigenvalue weighted by Gasteiger charge is -2.38. The molecule has 2 nitrogen and oxygen atoms in total. The maximum Gasteiger partial charge on any atom is 0.192 e. The standard InChI is InChI=1S/C15H30O2Si/c1-12(17-18(5,6)15(2,3)4)10-11-13-8-7-9-14(13)16/h12-13H,7-11H2,1-6H3/t12-,13?/m1/s1. The Labute approximate surface area is 114 Å². The number of hydrogen-bond acceptors (Lipinski definition) is 2. The lowest BCUT2D eigenvalue weighted by molar-refractivity contribution is -0.120. The van der Waals surface area contributed by atoms with Gasteiger partial charge in [0.1, 0.15) is 5.78 Å². The van der Waals surface area contributed by atoms with Crippen molar-refractivity contribution in [3.63, 3.8) is 0 Å². The SMILES string of the molecule is C[C@H](CCC1CCCC1=O)O[Si](C)(C)C(C)(C)C. The first-order valence-corrected chi connectivity index (χ1v) is 10.2. The molecule has 0 aromatic heterocycles. The summed E-state index contributed by atoms with van der Waals surface area (Å²) in [6, 6.07) is 0. The van der Waals surface area contributed by atoms with Gasteiger partial charge in [0.2, 0.25) is 0 Å². The van der Waals surface area contributed by atoms with Gasteiger partial charge >= 0.3 is 0 Å². The van der Waals surface area contributed by atoms with E-state index in [9.17, 15) is 4.79 Å². The summed E-state index contributed by atoms with van der Waals surface area (Å²) in [5.41, 5.74) is 0. The number of carbonyl (C=O) groups excluding carboxylic acids is 1. The van der Waals surface area contributed by atoms with E-state index in [-0.39, 0.29) is 5.04 Å². The van der Waals surface area contributed by atoms with Crippen LogP contribution in [0.2, 0.25) is 18.1 Å². The van der Waals surface area contributed by atoms with Crippen molar-refractivity contribution in [2.75, 3.05) is 0 Å². The third kappa shape index (κ3) is 4.20. The van der Waals surface area contributed by atoms with Crippen molar-refractivity contribution in [1.29, 1.82) is 0 Å². The third-order valence-electron chi connectivity index (χ3n) is 4.65. The molecule has 1 aliphatic rings. The maximum atomic E-state index is 11.6. The molecule has 0 aliphatic heterocycles. The number of carbonyl (C=O) groups is 1. The highest BCUT2D eigenvalue weighted by molar-refractivity contribution is 6.74. The van der Waals surface area contributed by atoms with Crippen LogP contribution in [0.3, 0.4) is 0 Å². The van der Waals surface area contributed by atoms with Crippen LogP contribution >= 0.6 is 0 Å². The topological polar surface area (TPSA) is 26.3 Å². The first-order valence-electron chi connectivity index (χ1n) is 7.34. The van der Waals surface area contributed by atoms with Crippen molar-refractivity contribution < 1.29 is 9.22 Å². The average molecular weight is 270 g/mol. The van der Waals surface area contributed by atoms with Crippen LogP contribution < -0.4 is 0 Å². The zero-order valence-electron chi connectivity index (χ0n) is 13.0. The minimum Gasteiger partial charge on any atom is -0.414 e. The fraction of sp³-hybridized carbons (Fsp3) is 0.933. The van der Waals surface area contributed by atoms with Crippen molar-refractivity contribution in [3.8, 4) is 0 Å². The van der Waals surface area contributed by atoms with Gasteiger partial charge in [-0.25, -0.2) is 0 Å². The van der Waals surface area contributed by atoms with E-state index in [1.54, 1.807) is 0 Å². The average Bonchev–Trinajstić information content (AvgIpc) is 2.58. The fourth-order valence-electron chi connectivity index (χ4n) is 2.37. The lowest BCUT2D eigenvalue weighted by Crippen LogP contribution is -2.43. The zero-order chi connectivity index (χ0) is 14.0. The smallest absolute Gasteiger partial charge is 0.192 e. The van der Waals surface area contributed by atoms with Crippen LogP contribution in [0, 0.1) is 5.92 Å². The molecule has 0 heterocycles. The first kappa shape index (κ1) is 15.9. The van der Waals surface area contributed by atoms with Crippen molar-refractivity contribution in [2.45, 2.75) is 84.0 Å². The van der Waals surface area contributed by atoms with Gasteiger partial charge in [0.05, 0.1) is 0 Å². The molecule has 0 radical (unpaired) electrons. The van der Waals surface area contributed by atoms with Crippen LogP contribution in [0.1, 0.15) is 59.8 Å². The molecular weight excluding hydrogens is 240 g/mol. The number of rotatable bonds is 5. The Bertz CT molecular complexity index is 291. The summed E-state index contributed by atoms with van der Waals surface area (Å²) in [6.07, 6.45) is 5.35. The predicted octanol–water partition coefficient (Wildman–Crippen LogP) is 4.55. The van der Waals surface area contributed by atoms with Gasteiger partial charge in [-0.2, -0.15) is 0 Å². The van der Waals surface area contributed by atoms with Crippen molar-refractivity contribution in [1.82, 2.24) is 0 Å². The molecule has 1 saturated carbocycles. The Morgan fingerprint density at radius 3 is 2.44 bits per heavy atom.